The van der Waals surface area contributed by atoms with Gasteiger partial charge in [-0.3, -0.25) is 20.4 Å². The molecule has 2 atom stereocenters. The number of nitrogens with zero attached hydrogens (tertiary/aromatic N) is 1. The topological polar surface area (TPSA) is 86.6 Å². The van der Waals surface area contributed by atoms with Crippen LogP contribution >= 0.6 is 15.9 Å². The number of nitrogens with one attached hydrogen (secondary N) is 3. The summed E-state index contributed by atoms with van der Waals surface area (Å²) in [4.78, 5) is 25.7. The summed E-state index contributed by atoms with van der Waals surface area (Å²) in [6.45, 7) is 0.502. The molecule has 0 saturated carbocycles. The summed E-state index contributed by atoms with van der Waals surface area (Å²) < 4.78 is 19.0. The molecule has 1 aliphatic heterocycles. The summed E-state index contributed by atoms with van der Waals surface area (Å²) in [5.74, 6) is -0.680. The summed E-state index contributed by atoms with van der Waals surface area (Å²) in [5, 5.41) is 2.56. The maximum absolute atomic E-state index is 13.4. The van der Waals surface area contributed by atoms with Crippen molar-refractivity contribution in [3.63, 3.8) is 0 Å². The Hall–Kier alpha value is -2.23. The lowest BCUT2D eigenvalue weighted by molar-refractivity contribution is -0.128. The second-order valence-electron chi connectivity index (χ2n) is 7.07. The van der Waals surface area contributed by atoms with E-state index in [1.165, 1.54) is 12.1 Å². The molecule has 2 aromatic rings. The first kappa shape index (κ1) is 21.5. The number of amides is 2. The average molecular weight is 467 g/mol. The zero-order valence-electron chi connectivity index (χ0n) is 16.1. The van der Waals surface area contributed by atoms with Crippen molar-refractivity contribution in [3.05, 3.63) is 58.2 Å². The molecule has 0 spiro atoms. The minimum absolute atomic E-state index is 0.0758. The van der Waals surface area contributed by atoms with Crippen molar-refractivity contribution in [1.29, 1.82) is 0 Å². The first-order valence-corrected chi connectivity index (χ1v) is 10.3. The maximum Gasteiger partial charge on any atom is 0.287 e. The Bertz CT molecular complexity index is 860. The molecular formula is C20H24BrFN4O3. The van der Waals surface area contributed by atoms with Crippen molar-refractivity contribution < 1.29 is 18.4 Å². The zero-order chi connectivity index (χ0) is 20.8. The number of hydrazine groups is 1. The molecule has 0 radical (unpaired) electrons. The van der Waals surface area contributed by atoms with Crippen LogP contribution in [0.25, 0.3) is 0 Å². The molecule has 0 aliphatic carbocycles. The maximum atomic E-state index is 13.4. The predicted molar refractivity (Wildman–Crippen MR) is 109 cm³/mol. The van der Waals surface area contributed by atoms with Gasteiger partial charge in [0.15, 0.2) is 10.4 Å². The molecule has 1 aliphatic rings. The van der Waals surface area contributed by atoms with Crippen LogP contribution in [0.5, 0.6) is 0 Å². The lowest BCUT2D eigenvalue weighted by Gasteiger charge is -2.18. The molecule has 3 N–H and O–H groups in total. The van der Waals surface area contributed by atoms with Crippen LogP contribution in [0.4, 0.5) is 4.39 Å². The molecule has 2 unspecified atom stereocenters. The van der Waals surface area contributed by atoms with Crippen LogP contribution in [0.2, 0.25) is 0 Å². The first-order chi connectivity index (χ1) is 13.9. The van der Waals surface area contributed by atoms with Gasteiger partial charge in [0.25, 0.3) is 5.91 Å². The van der Waals surface area contributed by atoms with Crippen LogP contribution in [0, 0.1) is 5.82 Å². The number of hydrogen-bond donors (Lipinski definition) is 3. The summed E-state index contributed by atoms with van der Waals surface area (Å²) in [6.07, 6.45) is 2.55. The third kappa shape index (κ3) is 6.12. The number of furan rings is 1. The van der Waals surface area contributed by atoms with Crippen LogP contribution in [-0.4, -0.2) is 42.9 Å². The van der Waals surface area contributed by atoms with Crippen molar-refractivity contribution in [1.82, 2.24) is 21.1 Å². The highest BCUT2D eigenvalue weighted by molar-refractivity contribution is 9.10. The largest absolute Gasteiger partial charge is 0.444 e. The summed E-state index contributed by atoms with van der Waals surface area (Å²) >= 11 is 3.13. The van der Waals surface area contributed by atoms with Gasteiger partial charge >= 0.3 is 0 Å². The van der Waals surface area contributed by atoms with Gasteiger partial charge in [-0.2, -0.15) is 0 Å². The van der Waals surface area contributed by atoms with Crippen molar-refractivity contribution in [2.75, 3.05) is 20.1 Å². The standard InChI is InChI=1S/C20H24BrFN4O3/c1-26(19(27)12-23-20(28)17-7-8-18(21)29-17)9-3-6-15-11-16(25-24-15)13-4-2-5-14(22)10-13/h2,4-5,7-8,10,15-16,24-25H,3,6,9,11-12H2,1H3,(H,23,28). The number of halogens is 2. The molecule has 1 aromatic heterocycles. The minimum Gasteiger partial charge on any atom is -0.444 e. The van der Waals surface area contributed by atoms with Gasteiger partial charge in [0.05, 0.1) is 6.54 Å². The van der Waals surface area contributed by atoms with Crippen molar-refractivity contribution >= 4 is 27.7 Å². The van der Waals surface area contributed by atoms with E-state index in [2.05, 4.69) is 32.1 Å². The van der Waals surface area contributed by atoms with E-state index in [1.807, 2.05) is 6.07 Å². The van der Waals surface area contributed by atoms with Gasteiger partial charge in [0, 0.05) is 25.7 Å². The van der Waals surface area contributed by atoms with Crippen molar-refractivity contribution in [2.24, 2.45) is 0 Å². The number of carbonyl (C=O) groups is 2. The number of likely N-dealkylation sites (N-methyl/N-ethyl adjacent to an activating group) is 1. The summed E-state index contributed by atoms with van der Waals surface area (Å²) in [5.41, 5.74) is 7.37. The lowest BCUT2D eigenvalue weighted by Crippen LogP contribution is -2.39. The second-order valence-corrected chi connectivity index (χ2v) is 7.85. The molecule has 29 heavy (non-hydrogen) atoms. The average Bonchev–Trinajstić information content (AvgIpc) is 3.35. The third-order valence-corrected chi connectivity index (χ3v) is 5.33. The molecular weight excluding hydrogens is 443 g/mol. The third-order valence-electron chi connectivity index (χ3n) is 4.90. The van der Waals surface area contributed by atoms with Crippen molar-refractivity contribution in [3.8, 4) is 0 Å². The molecule has 3 rings (SSSR count). The summed E-state index contributed by atoms with van der Waals surface area (Å²) in [7, 11) is 1.72. The minimum atomic E-state index is -0.429. The van der Waals surface area contributed by atoms with E-state index in [0.717, 1.165) is 24.8 Å². The highest BCUT2D eigenvalue weighted by Gasteiger charge is 2.25. The molecule has 0 bridgehead atoms. The van der Waals surface area contributed by atoms with Gasteiger partial charge in [-0.25, -0.2) is 4.39 Å². The van der Waals surface area contributed by atoms with Crippen LogP contribution in [-0.2, 0) is 4.79 Å². The molecule has 9 heteroatoms. The van der Waals surface area contributed by atoms with E-state index in [1.54, 1.807) is 30.1 Å². The van der Waals surface area contributed by atoms with Crippen LogP contribution in [0.1, 0.15) is 41.4 Å². The van der Waals surface area contributed by atoms with Gasteiger partial charge in [-0.05, 0) is 65.0 Å². The fourth-order valence-corrected chi connectivity index (χ4v) is 3.57. The number of hydrogen-bond acceptors (Lipinski definition) is 5. The smallest absolute Gasteiger partial charge is 0.287 e. The van der Waals surface area contributed by atoms with Gasteiger partial charge in [0.2, 0.25) is 5.91 Å². The first-order valence-electron chi connectivity index (χ1n) is 9.46. The SMILES string of the molecule is CN(CCCC1CC(c2cccc(F)c2)NN1)C(=O)CNC(=O)c1ccc(Br)o1. The van der Waals surface area contributed by atoms with Gasteiger partial charge in [-0.1, -0.05) is 12.1 Å². The fraction of sp³-hybridized carbons (Fsp3) is 0.400. The Morgan fingerprint density at radius 3 is 2.86 bits per heavy atom. The molecule has 1 aromatic carbocycles. The Morgan fingerprint density at radius 1 is 1.31 bits per heavy atom. The van der Waals surface area contributed by atoms with E-state index >= 15 is 0 Å². The van der Waals surface area contributed by atoms with Crippen LogP contribution in [0.15, 0.2) is 45.5 Å². The van der Waals surface area contributed by atoms with Crippen LogP contribution < -0.4 is 16.2 Å². The van der Waals surface area contributed by atoms with Gasteiger partial charge in [-0.15, -0.1) is 0 Å². The number of rotatable bonds is 8. The number of benzene rings is 1. The van der Waals surface area contributed by atoms with E-state index in [4.69, 9.17) is 4.42 Å². The Morgan fingerprint density at radius 2 is 2.14 bits per heavy atom. The molecule has 156 valence electrons. The highest BCUT2D eigenvalue weighted by atomic mass is 79.9. The quantitative estimate of drug-likeness (QED) is 0.556. The van der Waals surface area contributed by atoms with Crippen LogP contribution in [0.3, 0.4) is 0 Å². The lowest BCUT2D eigenvalue weighted by atomic mass is 9.99. The van der Waals surface area contributed by atoms with E-state index in [-0.39, 0.29) is 36.1 Å². The fourth-order valence-electron chi connectivity index (χ4n) is 3.27. The van der Waals surface area contributed by atoms with E-state index < -0.39 is 5.91 Å². The molecule has 7 nitrogen and oxygen atoms in total. The van der Waals surface area contributed by atoms with E-state index in [9.17, 15) is 14.0 Å². The Labute approximate surface area is 177 Å². The molecule has 2 amide bonds. The van der Waals surface area contributed by atoms with Gasteiger partial charge < -0.3 is 14.6 Å². The van der Waals surface area contributed by atoms with E-state index in [0.29, 0.717) is 11.2 Å². The monoisotopic (exact) mass is 466 g/mol. The molecule has 2 heterocycles. The molecule has 1 saturated heterocycles. The number of carbonyl (C=O) groups excluding carboxylic acids is 2. The predicted octanol–water partition coefficient (Wildman–Crippen LogP) is 2.76. The Balaban J connectivity index is 1.34. The Kier molecular flexibility index (Phi) is 7.40. The summed E-state index contributed by atoms with van der Waals surface area (Å²) in [6, 6.07) is 10.1. The van der Waals surface area contributed by atoms with Gasteiger partial charge in [0.1, 0.15) is 5.82 Å². The second kappa shape index (κ2) is 10.00. The highest BCUT2D eigenvalue weighted by Crippen LogP contribution is 2.24. The normalized spacial score (nSPS) is 18.6. The zero-order valence-corrected chi connectivity index (χ0v) is 17.7. The van der Waals surface area contributed by atoms with Crippen molar-refractivity contribution in [2.45, 2.75) is 31.3 Å². The molecule has 1 fully saturated rings.